The number of benzene rings is 1. The van der Waals surface area contributed by atoms with Crippen molar-refractivity contribution in [3.63, 3.8) is 0 Å². The van der Waals surface area contributed by atoms with Crippen molar-refractivity contribution in [3.05, 3.63) is 52.8 Å². The van der Waals surface area contributed by atoms with Crippen molar-refractivity contribution in [1.82, 2.24) is 19.6 Å². The second kappa shape index (κ2) is 6.34. The largest absolute Gasteiger partial charge is 0.297 e. The zero-order chi connectivity index (χ0) is 17.3. The molecule has 1 aromatic carbocycles. The van der Waals surface area contributed by atoms with Crippen LogP contribution < -0.4 is 10.3 Å². The Balaban J connectivity index is 1.65. The molecule has 9 heteroatoms. The lowest BCUT2D eigenvalue weighted by Gasteiger charge is -2.10. The number of amides is 1. The van der Waals surface area contributed by atoms with Crippen molar-refractivity contribution in [1.29, 1.82) is 0 Å². The molecule has 0 saturated carbocycles. The van der Waals surface area contributed by atoms with Gasteiger partial charge in [0, 0.05) is 17.8 Å². The number of carbonyl (C=O) groups is 1. The number of hydrogen-bond acceptors (Lipinski definition) is 5. The van der Waals surface area contributed by atoms with Gasteiger partial charge in [0.15, 0.2) is 4.96 Å². The van der Waals surface area contributed by atoms with Gasteiger partial charge in [-0.1, -0.05) is 17.7 Å². The molecule has 0 aliphatic carbocycles. The van der Waals surface area contributed by atoms with Crippen molar-refractivity contribution in [3.8, 4) is 0 Å². The minimum Gasteiger partial charge on any atom is -0.297 e. The van der Waals surface area contributed by atoms with E-state index in [1.54, 1.807) is 25.3 Å². The molecule has 0 fully saturated rings. The average Bonchev–Trinajstić information content (AvgIpc) is 3.06. The van der Waals surface area contributed by atoms with E-state index in [9.17, 15) is 13.2 Å². The lowest BCUT2D eigenvalue weighted by atomic mass is 10.2. The Labute approximate surface area is 143 Å². The highest BCUT2D eigenvalue weighted by atomic mass is 32.2. The van der Waals surface area contributed by atoms with Crippen molar-refractivity contribution < 1.29 is 13.2 Å². The van der Waals surface area contributed by atoms with Gasteiger partial charge in [-0.3, -0.25) is 14.6 Å². The number of rotatable bonds is 5. The summed E-state index contributed by atoms with van der Waals surface area (Å²) in [6.45, 7) is 3.59. The normalized spacial score (nSPS) is 11.8. The molecule has 0 saturated heterocycles. The second-order valence-corrected chi connectivity index (χ2v) is 7.95. The number of thiazole rings is 1. The molecule has 0 bridgehead atoms. The number of fused-ring (bicyclic) bond motifs is 1. The first-order valence-corrected chi connectivity index (χ1v) is 9.50. The van der Waals surface area contributed by atoms with Gasteiger partial charge < -0.3 is 0 Å². The Kier molecular flexibility index (Phi) is 4.39. The fraction of sp³-hybridized carbons (Fsp3) is 0.200. The van der Waals surface area contributed by atoms with E-state index in [1.165, 1.54) is 17.4 Å². The van der Waals surface area contributed by atoms with E-state index in [1.807, 2.05) is 22.9 Å². The van der Waals surface area contributed by atoms with Crippen molar-refractivity contribution in [2.45, 2.75) is 25.2 Å². The molecule has 2 N–H and O–H groups in total. The highest BCUT2D eigenvalue weighted by Gasteiger charge is 2.18. The van der Waals surface area contributed by atoms with Crippen molar-refractivity contribution in [2.75, 3.05) is 0 Å². The third-order valence-corrected chi connectivity index (χ3v) is 5.61. The smallest absolute Gasteiger partial charge is 0.257 e. The van der Waals surface area contributed by atoms with Crippen LogP contribution in [0, 0.1) is 13.8 Å². The molecule has 0 spiro atoms. The third-order valence-electron chi connectivity index (χ3n) is 3.43. The predicted octanol–water partition coefficient (Wildman–Crippen LogP) is 1.56. The molecule has 0 aliphatic heterocycles. The molecule has 1 amide bonds. The number of hydrazine groups is 1. The van der Waals surface area contributed by atoms with Gasteiger partial charge in [-0.15, -0.1) is 16.2 Å². The molecule has 24 heavy (non-hydrogen) atoms. The molecule has 3 rings (SSSR count). The van der Waals surface area contributed by atoms with E-state index in [4.69, 9.17) is 0 Å². The van der Waals surface area contributed by atoms with Gasteiger partial charge >= 0.3 is 0 Å². The van der Waals surface area contributed by atoms with E-state index in [0.717, 1.165) is 10.5 Å². The fourth-order valence-electron chi connectivity index (χ4n) is 2.35. The number of aromatic nitrogens is 2. The van der Waals surface area contributed by atoms with Crippen LogP contribution in [0.2, 0.25) is 0 Å². The maximum absolute atomic E-state index is 12.3. The molecule has 3 aromatic rings. The van der Waals surface area contributed by atoms with E-state index in [0.29, 0.717) is 11.3 Å². The average molecular weight is 364 g/mol. The van der Waals surface area contributed by atoms with Crippen LogP contribution in [0.25, 0.3) is 4.96 Å². The van der Waals surface area contributed by atoms with Gasteiger partial charge in [0.05, 0.1) is 17.0 Å². The first-order chi connectivity index (χ1) is 11.3. The number of nitrogens with one attached hydrogen (secondary N) is 2. The van der Waals surface area contributed by atoms with Crippen LogP contribution >= 0.6 is 11.3 Å². The number of nitrogens with zero attached hydrogens (tertiary/aromatic N) is 2. The first-order valence-electron chi connectivity index (χ1n) is 7.14. The summed E-state index contributed by atoms with van der Waals surface area (Å²) in [6, 6.07) is 5.00. The van der Waals surface area contributed by atoms with Crippen LogP contribution in [0.15, 0.2) is 40.9 Å². The second-order valence-electron chi connectivity index (χ2n) is 5.42. The summed E-state index contributed by atoms with van der Waals surface area (Å²) in [5.41, 5.74) is 4.38. The summed E-state index contributed by atoms with van der Waals surface area (Å²) in [5.74, 6) is -0.478. The number of hydrogen-bond donors (Lipinski definition) is 2. The third kappa shape index (κ3) is 3.48. The summed E-state index contributed by atoms with van der Waals surface area (Å²) < 4.78 is 26.4. The predicted molar refractivity (Wildman–Crippen MR) is 91.2 cm³/mol. The lowest BCUT2D eigenvalue weighted by Crippen LogP contribution is -2.42. The van der Waals surface area contributed by atoms with Crippen LogP contribution in [-0.4, -0.2) is 23.7 Å². The van der Waals surface area contributed by atoms with E-state index in [2.05, 4.69) is 15.2 Å². The molecule has 0 aliphatic rings. The highest BCUT2D eigenvalue weighted by Crippen LogP contribution is 2.16. The van der Waals surface area contributed by atoms with Crippen LogP contribution in [-0.2, 0) is 21.2 Å². The highest BCUT2D eigenvalue weighted by molar-refractivity contribution is 7.89. The van der Waals surface area contributed by atoms with E-state index < -0.39 is 15.9 Å². The van der Waals surface area contributed by atoms with Gasteiger partial charge in [0.2, 0.25) is 5.91 Å². The van der Waals surface area contributed by atoms with Crippen LogP contribution in [0.4, 0.5) is 0 Å². The Morgan fingerprint density at radius 2 is 2.12 bits per heavy atom. The summed E-state index contributed by atoms with van der Waals surface area (Å²) in [6.07, 6.45) is 3.57. The molecule has 0 atom stereocenters. The van der Waals surface area contributed by atoms with Gasteiger partial charge in [-0.2, -0.15) is 0 Å². The molecular weight excluding hydrogens is 348 g/mol. The molecule has 2 heterocycles. The van der Waals surface area contributed by atoms with E-state index >= 15 is 0 Å². The summed E-state index contributed by atoms with van der Waals surface area (Å²) in [4.78, 5) is 19.3. The zero-order valence-electron chi connectivity index (χ0n) is 13.1. The SMILES string of the molecule is Cc1ccc(S(=O)(=O)NNC(=O)Cc2cn3ccsc3n2)c(C)c1. The standard InChI is InChI=1S/C15H16N4O3S2/c1-10-3-4-13(11(2)7-10)24(21,22)18-17-14(20)8-12-9-19-5-6-23-15(19)16-12/h3-7,9,18H,8H2,1-2H3,(H,17,20). The van der Waals surface area contributed by atoms with Crippen molar-refractivity contribution in [2.24, 2.45) is 0 Å². The van der Waals surface area contributed by atoms with Gasteiger partial charge in [-0.25, -0.2) is 13.4 Å². The minimum absolute atomic E-state index is 0.0101. The van der Waals surface area contributed by atoms with Gasteiger partial charge in [0.1, 0.15) is 0 Å². The monoisotopic (exact) mass is 364 g/mol. The maximum atomic E-state index is 12.3. The summed E-state index contributed by atoms with van der Waals surface area (Å²) >= 11 is 1.46. The van der Waals surface area contributed by atoms with Gasteiger partial charge in [-0.05, 0) is 25.5 Å². The Morgan fingerprint density at radius 3 is 2.83 bits per heavy atom. The molecule has 126 valence electrons. The van der Waals surface area contributed by atoms with Gasteiger partial charge in [0.25, 0.3) is 10.0 Å². The molecule has 2 aromatic heterocycles. The zero-order valence-corrected chi connectivity index (χ0v) is 14.7. The number of imidazole rings is 1. The quantitative estimate of drug-likeness (QED) is 0.672. The molecular formula is C15H16N4O3S2. The van der Waals surface area contributed by atoms with E-state index in [-0.39, 0.29) is 11.3 Å². The first kappa shape index (κ1) is 16.6. The lowest BCUT2D eigenvalue weighted by molar-refractivity contribution is -0.120. The maximum Gasteiger partial charge on any atom is 0.257 e. The van der Waals surface area contributed by atoms with Crippen LogP contribution in [0.3, 0.4) is 0 Å². The molecule has 0 radical (unpaired) electrons. The number of sulfonamides is 1. The number of carbonyl (C=O) groups excluding carboxylic acids is 1. The molecule has 0 unspecified atom stereocenters. The Morgan fingerprint density at radius 1 is 1.33 bits per heavy atom. The summed E-state index contributed by atoms with van der Waals surface area (Å²) in [5, 5.41) is 1.89. The topological polar surface area (TPSA) is 92.6 Å². The minimum atomic E-state index is -3.81. The van der Waals surface area contributed by atoms with Crippen LogP contribution in [0.1, 0.15) is 16.8 Å². The Hall–Kier alpha value is -2.23. The fourth-order valence-corrected chi connectivity index (χ4v) is 4.16. The van der Waals surface area contributed by atoms with Crippen molar-refractivity contribution >= 4 is 32.2 Å². The summed E-state index contributed by atoms with van der Waals surface area (Å²) in [7, 11) is -3.81. The molecule has 7 nitrogen and oxygen atoms in total. The Bertz CT molecular complexity index is 976. The number of aryl methyl sites for hydroxylation is 2. The van der Waals surface area contributed by atoms with Crippen LogP contribution in [0.5, 0.6) is 0 Å².